The van der Waals surface area contributed by atoms with Gasteiger partial charge in [0.2, 0.25) is 0 Å². The number of rotatable bonds is 6. The molecule has 44 heavy (non-hydrogen) atoms. The van der Waals surface area contributed by atoms with Crippen LogP contribution in [0, 0.1) is 0 Å². The minimum absolute atomic E-state index is 0.0223. The third kappa shape index (κ3) is 7.55. The van der Waals surface area contributed by atoms with E-state index in [1.165, 1.54) is 16.9 Å². The van der Waals surface area contributed by atoms with Crippen molar-refractivity contribution in [2.24, 2.45) is 0 Å². The molecule has 232 valence electrons. The van der Waals surface area contributed by atoms with Crippen molar-refractivity contribution in [3.8, 4) is 11.3 Å². The van der Waals surface area contributed by atoms with Gasteiger partial charge in [-0.15, -0.1) is 0 Å². The van der Waals surface area contributed by atoms with Gasteiger partial charge >= 0.3 is 12.1 Å². The van der Waals surface area contributed by atoms with Crippen LogP contribution in [0.1, 0.15) is 34.8 Å². The molecule has 1 saturated heterocycles. The Labute approximate surface area is 254 Å². The molecule has 1 atom stereocenters. The zero-order valence-electron chi connectivity index (χ0n) is 23.9. The fourth-order valence-corrected chi connectivity index (χ4v) is 6.07. The van der Waals surface area contributed by atoms with Crippen molar-refractivity contribution in [2.45, 2.75) is 44.4 Å². The first-order chi connectivity index (χ1) is 20.9. The van der Waals surface area contributed by atoms with Gasteiger partial charge in [-0.25, -0.2) is 9.78 Å². The number of benzene rings is 2. The molecule has 2 aliphatic rings. The van der Waals surface area contributed by atoms with E-state index in [2.05, 4.69) is 45.0 Å². The highest BCUT2D eigenvalue weighted by atomic mass is 32.1. The fraction of sp³-hybridized carbons (Fsp3) is 0.333. The number of carboxylic acids is 1. The summed E-state index contributed by atoms with van der Waals surface area (Å²) in [6.07, 6.45) is -1.88. The lowest BCUT2D eigenvalue weighted by atomic mass is 9.94. The Balaban J connectivity index is 0.000000493. The minimum atomic E-state index is -5.08. The molecular formula is C30H30F3N5O5S. The number of thiazole rings is 1. The molecule has 2 aromatic carbocycles. The number of aromatic nitrogens is 2. The molecule has 1 amide bonds. The number of carboxylic acid groups (broad SMARTS) is 1. The van der Waals surface area contributed by atoms with Crippen LogP contribution < -0.4 is 15.5 Å². The van der Waals surface area contributed by atoms with E-state index in [4.69, 9.17) is 24.1 Å². The molecule has 0 spiro atoms. The summed E-state index contributed by atoms with van der Waals surface area (Å²) in [5.41, 5.74) is 4.79. The Morgan fingerprint density at radius 3 is 2.61 bits per heavy atom. The van der Waals surface area contributed by atoms with Crippen LogP contribution in [0.4, 0.5) is 29.7 Å². The lowest BCUT2D eigenvalue weighted by molar-refractivity contribution is -0.192. The Kier molecular flexibility index (Phi) is 8.92. The topological polar surface area (TPSA) is 130 Å². The lowest BCUT2D eigenvalue weighted by Gasteiger charge is -2.35. The van der Waals surface area contributed by atoms with E-state index >= 15 is 0 Å². The minimum Gasteiger partial charge on any atom is -0.475 e. The number of hydrogen-bond donors (Lipinski definition) is 3. The van der Waals surface area contributed by atoms with Crippen LogP contribution in [0.15, 0.2) is 65.3 Å². The third-order valence-electron chi connectivity index (χ3n) is 6.94. The number of aliphatic carboxylic acids is 1. The number of fused-ring (bicyclic) bond motifs is 1. The highest BCUT2D eigenvalue weighted by Crippen LogP contribution is 2.34. The van der Waals surface area contributed by atoms with Gasteiger partial charge < -0.3 is 29.9 Å². The predicted molar refractivity (Wildman–Crippen MR) is 158 cm³/mol. The van der Waals surface area contributed by atoms with Crippen LogP contribution in [-0.4, -0.2) is 64.6 Å². The first-order valence-corrected chi connectivity index (χ1v) is 14.5. The molecule has 0 radical (unpaired) electrons. The molecule has 0 aliphatic carbocycles. The quantitative estimate of drug-likeness (QED) is 0.246. The van der Waals surface area contributed by atoms with Gasteiger partial charge in [-0.1, -0.05) is 40.8 Å². The van der Waals surface area contributed by atoms with Gasteiger partial charge in [0, 0.05) is 41.5 Å². The van der Waals surface area contributed by atoms with Gasteiger partial charge in [0.05, 0.1) is 31.1 Å². The molecule has 1 unspecified atom stereocenters. The maximum Gasteiger partial charge on any atom is 0.490 e. The number of carbonyl (C=O) groups excluding carboxylic acids is 1. The fourth-order valence-electron chi connectivity index (χ4n) is 4.99. The molecule has 4 heterocycles. The number of nitrogens with zero attached hydrogens (tertiary/aromatic N) is 3. The van der Waals surface area contributed by atoms with E-state index in [1.54, 1.807) is 6.20 Å². The number of ether oxygens (including phenoxy) is 1. The molecule has 6 rings (SSSR count). The van der Waals surface area contributed by atoms with E-state index in [0.717, 1.165) is 57.8 Å². The van der Waals surface area contributed by atoms with Gasteiger partial charge in [0.1, 0.15) is 4.88 Å². The molecule has 3 N–H and O–H groups in total. The molecular weight excluding hydrogens is 599 g/mol. The normalized spacial score (nSPS) is 17.6. The SMILES string of the molecule is CC1(C)Cc2nc(N3CCOCC3Cc3cccc(Nc4cccc(-c5ccno5)c4)c3)sc2C(=O)N1.O=C(O)C(F)(F)F. The number of amides is 1. The maximum absolute atomic E-state index is 12.6. The molecule has 4 aromatic rings. The molecule has 2 aliphatic heterocycles. The molecule has 10 nitrogen and oxygen atoms in total. The highest BCUT2D eigenvalue weighted by Gasteiger charge is 2.38. The summed E-state index contributed by atoms with van der Waals surface area (Å²) in [5, 5.41) is 18.4. The van der Waals surface area contributed by atoms with Crippen LogP contribution in [0.2, 0.25) is 0 Å². The summed E-state index contributed by atoms with van der Waals surface area (Å²) in [6.45, 7) is 6.11. The van der Waals surface area contributed by atoms with Crippen LogP contribution in [-0.2, 0) is 22.4 Å². The summed E-state index contributed by atoms with van der Waals surface area (Å²) in [7, 11) is 0. The van der Waals surface area contributed by atoms with Crippen molar-refractivity contribution < 1.29 is 37.1 Å². The first-order valence-electron chi connectivity index (χ1n) is 13.7. The van der Waals surface area contributed by atoms with E-state index in [-0.39, 0.29) is 17.5 Å². The zero-order chi connectivity index (χ0) is 31.5. The van der Waals surface area contributed by atoms with Crippen molar-refractivity contribution in [1.82, 2.24) is 15.5 Å². The third-order valence-corrected chi connectivity index (χ3v) is 8.07. The number of carbonyl (C=O) groups is 2. The number of anilines is 3. The average Bonchev–Trinajstić information content (AvgIpc) is 3.64. The number of nitrogens with one attached hydrogen (secondary N) is 2. The van der Waals surface area contributed by atoms with Crippen molar-refractivity contribution in [1.29, 1.82) is 0 Å². The second-order valence-electron chi connectivity index (χ2n) is 11.0. The van der Waals surface area contributed by atoms with Gasteiger partial charge in [-0.2, -0.15) is 13.2 Å². The summed E-state index contributed by atoms with van der Waals surface area (Å²) < 4.78 is 42.9. The summed E-state index contributed by atoms with van der Waals surface area (Å²) >= 11 is 1.49. The summed E-state index contributed by atoms with van der Waals surface area (Å²) in [4.78, 5) is 29.5. The van der Waals surface area contributed by atoms with Gasteiger partial charge in [-0.05, 0) is 50.1 Å². The maximum atomic E-state index is 12.6. The number of morpholine rings is 1. The lowest BCUT2D eigenvalue weighted by Crippen LogP contribution is -2.48. The van der Waals surface area contributed by atoms with E-state index in [9.17, 15) is 18.0 Å². The standard InChI is InChI=1S/C28H29N5O3S.C2HF3O2/c1-28(2)16-23-25(26(34)32-28)37-27(31-23)33-11-12-35-17-22(33)14-18-5-3-7-20(13-18)30-21-8-4-6-19(15-21)24-9-10-29-36-24;3-2(4,5)1(6)7/h3-10,13,15,22,30H,11-12,14,16-17H2,1-2H3,(H,32,34);(H,6,7). The highest BCUT2D eigenvalue weighted by molar-refractivity contribution is 7.17. The van der Waals surface area contributed by atoms with E-state index < -0.39 is 12.1 Å². The number of hydrogen-bond acceptors (Lipinski definition) is 9. The van der Waals surface area contributed by atoms with Gasteiger partial charge in [0.15, 0.2) is 10.9 Å². The Bertz CT molecular complexity index is 1620. The van der Waals surface area contributed by atoms with Gasteiger partial charge in [-0.3, -0.25) is 4.79 Å². The number of halogens is 3. The van der Waals surface area contributed by atoms with Crippen molar-refractivity contribution in [3.05, 3.63) is 76.9 Å². The zero-order valence-corrected chi connectivity index (χ0v) is 24.7. The summed E-state index contributed by atoms with van der Waals surface area (Å²) in [6, 6.07) is 18.5. The molecule has 1 fully saturated rings. The Hall–Kier alpha value is -4.43. The van der Waals surface area contributed by atoms with Crippen LogP contribution >= 0.6 is 11.3 Å². The predicted octanol–water partition coefficient (Wildman–Crippen LogP) is 5.69. The van der Waals surface area contributed by atoms with Crippen LogP contribution in [0.25, 0.3) is 11.3 Å². The summed E-state index contributed by atoms with van der Waals surface area (Å²) in [5.74, 6) is -2.04. The first kappa shape index (κ1) is 31.0. The molecule has 0 saturated carbocycles. The average molecular weight is 630 g/mol. The largest absolute Gasteiger partial charge is 0.490 e. The monoisotopic (exact) mass is 629 g/mol. The van der Waals surface area contributed by atoms with Gasteiger partial charge in [0.25, 0.3) is 5.91 Å². The molecule has 0 bridgehead atoms. The molecule has 14 heteroatoms. The van der Waals surface area contributed by atoms with Crippen molar-refractivity contribution >= 4 is 39.7 Å². The second-order valence-corrected chi connectivity index (χ2v) is 12.0. The van der Waals surface area contributed by atoms with E-state index in [0.29, 0.717) is 13.2 Å². The van der Waals surface area contributed by atoms with Crippen molar-refractivity contribution in [2.75, 3.05) is 30.0 Å². The van der Waals surface area contributed by atoms with Crippen molar-refractivity contribution in [3.63, 3.8) is 0 Å². The molecule has 2 aromatic heterocycles. The number of alkyl halides is 3. The van der Waals surface area contributed by atoms with Crippen LogP contribution in [0.3, 0.4) is 0 Å². The Morgan fingerprint density at radius 2 is 1.91 bits per heavy atom. The second kappa shape index (κ2) is 12.7. The Morgan fingerprint density at radius 1 is 1.18 bits per heavy atom. The van der Waals surface area contributed by atoms with E-state index in [1.807, 2.05) is 44.2 Å². The van der Waals surface area contributed by atoms with Crippen LogP contribution in [0.5, 0.6) is 0 Å². The smallest absolute Gasteiger partial charge is 0.475 e.